The Balaban J connectivity index is 1.50. The van der Waals surface area contributed by atoms with Gasteiger partial charge in [0.05, 0.1) is 12.5 Å². The van der Waals surface area contributed by atoms with E-state index in [9.17, 15) is 9.18 Å². The van der Waals surface area contributed by atoms with Gasteiger partial charge in [-0.1, -0.05) is 12.1 Å². The van der Waals surface area contributed by atoms with Crippen LogP contribution in [0.4, 0.5) is 4.39 Å². The molecule has 2 aromatic carbocycles. The number of hydrogen-bond donors (Lipinski definition) is 1. The Hall–Kier alpha value is -2.56. The molecule has 0 spiro atoms. The van der Waals surface area contributed by atoms with Crippen molar-refractivity contribution in [3.05, 3.63) is 58.9 Å². The summed E-state index contributed by atoms with van der Waals surface area (Å²) in [6.45, 7) is 1.12. The van der Waals surface area contributed by atoms with Crippen LogP contribution in [0.1, 0.15) is 35.6 Å². The molecule has 130 valence electrons. The van der Waals surface area contributed by atoms with E-state index in [2.05, 4.69) is 5.32 Å². The predicted molar refractivity (Wildman–Crippen MR) is 91.4 cm³/mol. The van der Waals surface area contributed by atoms with E-state index in [1.807, 2.05) is 12.1 Å². The molecule has 1 heterocycles. The number of ether oxygens (including phenoxy) is 2. The maximum absolute atomic E-state index is 13.0. The summed E-state index contributed by atoms with van der Waals surface area (Å²) < 4.78 is 24.3. The quantitative estimate of drug-likeness (QED) is 0.931. The molecule has 0 radical (unpaired) electrons. The topological polar surface area (TPSA) is 47.6 Å². The second kappa shape index (κ2) is 6.75. The van der Waals surface area contributed by atoms with Crippen molar-refractivity contribution < 1.29 is 18.7 Å². The van der Waals surface area contributed by atoms with Crippen LogP contribution in [0.5, 0.6) is 11.5 Å². The summed E-state index contributed by atoms with van der Waals surface area (Å²) in [5.41, 5.74) is 3.13. The highest BCUT2D eigenvalue weighted by molar-refractivity contribution is 5.79. The minimum absolute atomic E-state index is 0.0208. The lowest BCUT2D eigenvalue weighted by atomic mass is 9.87. The second-order valence-electron chi connectivity index (χ2n) is 6.51. The molecule has 0 saturated carbocycles. The number of benzene rings is 2. The molecule has 25 heavy (non-hydrogen) atoms. The highest BCUT2D eigenvalue weighted by Gasteiger charge is 2.25. The Morgan fingerprint density at radius 3 is 2.60 bits per heavy atom. The van der Waals surface area contributed by atoms with Crippen LogP contribution in [0.25, 0.3) is 0 Å². The lowest BCUT2D eigenvalue weighted by molar-refractivity contribution is -0.121. The van der Waals surface area contributed by atoms with Gasteiger partial charge in [-0.15, -0.1) is 0 Å². The summed E-state index contributed by atoms with van der Waals surface area (Å²) in [5.74, 6) is 1.20. The lowest BCUT2D eigenvalue weighted by Crippen LogP contribution is -2.32. The maximum atomic E-state index is 13.0. The third-order valence-corrected chi connectivity index (χ3v) is 4.73. The van der Waals surface area contributed by atoms with Crippen molar-refractivity contribution in [2.45, 2.75) is 31.7 Å². The number of carbonyl (C=O) groups is 1. The molecular formula is C20H20FNO3. The zero-order valence-corrected chi connectivity index (χ0v) is 13.9. The van der Waals surface area contributed by atoms with E-state index >= 15 is 0 Å². The number of aryl methyl sites for hydroxylation is 1. The largest absolute Gasteiger partial charge is 0.486 e. The van der Waals surface area contributed by atoms with Crippen LogP contribution in [0.2, 0.25) is 0 Å². The Kier molecular flexibility index (Phi) is 4.30. The van der Waals surface area contributed by atoms with E-state index in [0.717, 1.165) is 41.9 Å². The fourth-order valence-electron chi connectivity index (χ4n) is 3.52. The summed E-state index contributed by atoms with van der Waals surface area (Å²) >= 11 is 0. The molecule has 5 heteroatoms. The van der Waals surface area contributed by atoms with Gasteiger partial charge in [0.15, 0.2) is 11.5 Å². The van der Waals surface area contributed by atoms with E-state index in [4.69, 9.17) is 9.47 Å². The first-order valence-electron chi connectivity index (χ1n) is 8.65. The fourth-order valence-corrected chi connectivity index (χ4v) is 3.52. The van der Waals surface area contributed by atoms with Gasteiger partial charge in [0, 0.05) is 0 Å². The van der Waals surface area contributed by atoms with Gasteiger partial charge in [0.1, 0.15) is 19.0 Å². The summed E-state index contributed by atoms with van der Waals surface area (Å²) in [6.07, 6.45) is 3.16. The maximum Gasteiger partial charge on any atom is 0.224 e. The fraction of sp³-hybridized carbons (Fsp3) is 0.350. The molecular weight excluding hydrogens is 321 g/mol. The molecule has 1 N–H and O–H groups in total. The van der Waals surface area contributed by atoms with Crippen molar-refractivity contribution >= 4 is 5.91 Å². The number of carbonyl (C=O) groups excluding carboxylic acids is 1. The van der Waals surface area contributed by atoms with Crippen LogP contribution in [0.15, 0.2) is 36.4 Å². The first-order chi connectivity index (χ1) is 12.2. The first-order valence-corrected chi connectivity index (χ1v) is 8.65. The Labute approximate surface area is 146 Å². The Morgan fingerprint density at radius 2 is 1.84 bits per heavy atom. The van der Waals surface area contributed by atoms with Crippen LogP contribution < -0.4 is 14.8 Å². The van der Waals surface area contributed by atoms with Crippen LogP contribution in [-0.4, -0.2) is 19.1 Å². The number of amides is 1. The van der Waals surface area contributed by atoms with Gasteiger partial charge in [0.2, 0.25) is 5.91 Å². The predicted octanol–water partition coefficient (Wildman–Crippen LogP) is 3.33. The minimum atomic E-state index is -0.294. The van der Waals surface area contributed by atoms with Gasteiger partial charge in [-0.05, 0) is 60.2 Å². The average Bonchev–Trinajstić information content (AvgIpc) is 2.62. The summed E-state index contributed by atoms with van der Waals surface area (Å²) in [7, 11) is 0. The number of rotatable bonds is 3. The van der Waals surface area contributed by atoms with Gasteiger partial charge < -0.3 is 14.8 Å². The molecule has 4 nitrogen and oxygen atoms in total. The van der Waals surface area contributed by atoms with E-state index < -0.39 is 0 Å². The van der Waals surface area contributed by atoms with E-state index in [-0.39, 0.29) is 24.2 Å². The summed E-state index contributed by atoms with van der Waals surface area (Å²) in [6, 6.07) is 10.1. The van der Waals surface area contributed by atoms with Crippen LogP contribution in [0, 0.1) is 5.82 Å². The molecule has 0 saturated heterocycles. The zero-order chi connectivity index (χ0) is 17.2. The molecule has 1 amide bonds. The van der Waals surface area contributed by atoms with Crippen molar-refractivity contribution in [3.8, 4) is 11.5 Å². The SMILES string of the molecule is O=C(Cc1ccc(F)cc1)NC1CCCc2cc3c(cc21)OCCO3. The summed E-state index contributed by atoms with van der Waals surface area (Å²) in [4.78, 5) is 12.4. The molecule has 1 atom stereocenters. The van der Waals surface area contributed by atoms with Gasteiger partial charge in [-0.2, -0.15) is 0 Å². The van der Waals surface area contributed by atoms with Crippen molar-refractivity contribution in [1.29, 1.82) is 0 Å². The normalized spacial score (nSPS) is 18.4. The smallest absolute Gasteiger partial charge is 0.224 e. The third kappa shape index (κ3) is 3.45. The van der Waals surface area contributed by atoms with Crippen molar-refractivity contribution in [3.63, 3.8) is 0 Å². The van der Waals surface area contributed by atoms with E-state index in [0.29, 0.717) is 13.2 Å². The Morgan fingerprint density at radius 1 is 1.12 bits per heavy atom. The highest BCUT2D eigenvalue weighted by atomic mass is 19.1. The number of fused-ring (bicyclic) bond motifs is 2. The third-order valence-electron chi connectivity index (χ3n) is 4.73. The molecule has 4 rings (SSSR count). The van der Waals surface area contributed by atoms with Gasteiger partial charge in [0.25, 0.3) is 0 Å². The first kappa shape index (κ1) is 15.9. The summed E-state index contributed by atoms with van der Waals surface area (Å²) in [5, 5.41) is 3.12. The monoisotopic (exact) mass is 341 g/mol. The zero-order valence-electron chi connectivity index (χ0n) is 13.9. The lowest BCUT2D eigenvalue weighted by Gasteiger charge is -2.29. The van der Waals surface area contributed by atoms with E-state index in [1.54, 1.807) is 12.1 Å². The van der Waals surface area contributed by atoms with Crippen LogP contribution in [-0.2, 0) is 17.6 Å². The molecule has 0 bridgehead atoms. The van der Waals surface area contributed by atoms with Crippen molar-refractivity contribution in [2.75, 3.05) is 13.2 Å². The number of halogens is 1. The Bertz CT molecular complexity index is 788. The molecule has 1 unspecified atom stereocenters. The molecule has 1 aliphatic carbocycles. The van der Waals surface area contributed by atoms with Crippen LogP contribution >= 0.6 is 0 Å². The molecule has 2 aromatic rings. The van der Waals surface area contributed by atoms with Crippen molar-refractivity contribution in [2.24, 2.45) is 0 Å². The van der Waals surface area contributed by atoms with Crippen molar-refractivity contribution in [1.82, 2.24) is 5.32 Å². The molecule has 1 aliphatic heterocycles. The van der Waals surface area contributed by atoms with Gasteiger partial charge in [-0.3, -0.25) is 4.79 Å². The second-order valence-corrected chi connectivity index (χ2v) is 6.51. The van der Waals surface area contributed by atoms with Crippen LogP contribution in [0.3, 0.4) is 0 Å². The number of hydrogen-bond acceptors (Lipinski definition) is 3. The molecule has 0 fully saturated rings. The molecule has 0 aromatic heterocycles. The van der Waals surface area contributed by atoms with Gasteiger partial charge >= 0.3 is 0 Å². The highest BCUT2D eigenvalue weighted by Crippen LogP contribution is 2.39. The standard InChI is InChI=1S/C20H20FNO3/c21-15-6-4-13(5-7-15)10-20(23)22-17-3-1-2-14-11-18-19(12-16(14)17)25-9-8-24-18/h4-7,11-12,17H,1-3,8-10H2,(H,22,23). The average molecular weight is 341 g/mol. The molecule has 2 aliphatic rings. The van der Waals surface area contributed by atoms with E-state index in [1.165, 1.54) is 17.7 Å². The number of nitrogens with one attached hydrogen (secondary N) is 1. The van der Waals surface area contributed by atoms with Gasteiger partial charge in [-0.25, -0.2) is 4.39 Å². The minimum Gasteiger partial charge on any atom is -0.486 e.